The summed E-state index contributed by atoms with van der Waals surface area (Å²) in [6.07, 6.45) is 2.03. The Morgan fingerprint density at radius 1 is 1.13 bits per heavy atom. The van der Waals surface area contributed by atoms with Crippen LogP contribution in [0.4, 0.5) is 5.13 Å². The average Bonchev–Trinajstić information content (AvgIpc) is 2.97. The molecule has 23 heavy (non-hydrogen) atoms. The molecule has 0 aliphatic heterocycles. The van der Waals surface area contributed by atoms with Gasteiger partial charge in [0.15, 0.2) is 5.13 Å². The highest BCUT2D eigenvalue weighted by Crippen LogP contribution is 2.38. The summed E-state index contributed by atoms with van der Waals surface area (Å²) in [6, 6.07) is 16.0. The molecule has 0 spiro atoms. The molecule has 0 atom stereocenters. The average molecular weight is 320 g/mol. The molecule has 4 heteroatoms. The van der Waals surface area contributed by atoms with Gasteiger partial charge in [-0.05, 0) is 37.5 Å². The second kappa shape index (κ2) is 5.63. The van der Waals surface area contributed by atoms with Crippen LogP contribution in [0.1, 0.15) is 26.4 Å². The zero-order valence-corrected chi connectivity index (χ0v) is 13.6. The van der Waals surface area contributed by atoms with Gasteiger partial charge in [-0.2, -0.15) is 0 Å². The van der Waals surface area contributed by atoms with Crippen molar-refractivity contribution in [2.45, 2.75) is 19.8 Å². The molecule has 0 fully saturated rings. The number of hydrogen-bond acceptors (Lipinski definition) is 3. The van der Waals surface area contributed by atoms with Crippen LogP contribution in [0.2, 0.25) is 0 Å². The predicted octanol–water partition coefficient (Wildman–Crippen LogP) is 4.47. The van der Waals surface area contributed by atoms with Crippen molar-refractivity contribution in [3.8, 4) is 11.3 Å². The zero-order valence-electron chi connectivity index (χ0n) is 12.8. The quantitative estimate of drug-likeness (QED) is 0.757. The van der Waals surface area contributed by atoms with Crippen molar-refractivity contribution in [3.63, 3.8) is 0 Å². The number of thiazole rings is 1. The standard InChI is InChI=1S/C19H16N2OS/c1-12-5-4-7-14(11-12)18(22)21-19-20-17-15-8-3-2-6-13(15)9-10-16(17)23-19/h2-8,11H,9-10H2,1H3,(H,20,21,22). The topological polar surface area (TPSA) is 42.0 Å². The van der Waals surface area contributed by atoms with Crippen LogP contribution in [-0.4, -0.2) is 10.9 Å². The highest BCUT2D eigenvalue weighted by molar-refractivity contribution is 7.16. The number of nitrogens with zero attached hydrogens (tertiary/aromatic N) is 1. The van der Waals surface area contributed by atoms with Crippen LogP contribution in [-0.2, 0) is 12.8 Å². The Labute approximate surface area is 139 Å². The first-order valence-corrected chi connectivity index (χ1v) is 8.48. The normalized spacial score (nSPS) is 12.4. The second-order valence-corrected chi connectivity index (χ2v) is 6.86. The van der Waals surface area contributed by atoms with Gasteiger partial charge in [-0.25, -0.2) is 4.98 Å². The minimum Gasteiger partial charge on any atom is -0.298 e. The highest BCUT2D eigenvalue weighted by atomic mass is 32.1. The van der Waals surface area contributed by atoms with Gasteiger partial charge in [-0.1, -0.05) is 42.0 Å². The van der Waals surface area contributed by atoms with E-state index in [4.69, 9.17) is 0 Å². The number of amides is 1. The molecule has 1 aliphatic rings. The SMILES string of the molecule is Cc1cccc(C(=O)Nc2nc3c(s2)CCc2ccccc2-3)c1. The number of aromatic nitrogens is 1. The van der Waals surface area contributed by atoms with Crippen LogP contribution in [0.15, 0.2) is 48.5 Å². The molecule has 3 nitrogen and oxygen atoms in total. The Balaban J connectivity index is 1.63. The maximum absolute atomic E-state index is 12.4. The zero-order chi connectivity index (χ0) is 15.8. The summed E-state index contributed by atoms with van der Waals surface area (Å²) in [4.78, 5) is 18.3. The van der Waals surface area contributed by atoms with E-state index in [9.17, 15) is 4.79 Å². The summed E-state index contributed by atoms with van der Waals surface area (Å²) in [5.41, 5.74) is 5.29. The van der Waals surface area contributed by atoms with Gasteiger partial charge >= 0.3 is 0 Å². The number of carbonyl (C=O) groups is 1. The summed E-state index contributed by atoms with van der Waals surface area (Å²) in [5, 5.41) is 3.62. The molecule has 2 aromatic carbocycles. The molecule has 0 saturated carbocycles. The van der Waals surface area contributed by atoms with Gasteiger partial charge in [0.25, 0.3) is 5.91 Å². The number of rotatable bonds is 2. The van der Waals surface area contributed by atoms with Gasteiger partial charge in [0.1, 0.15) is 0 Å². The van der Waals surface area contributed by atoms with Crippen LogP contribution in [0.25, 0.3) is 11.3 Å². The van der Waals surface area contributed by atoms with Crippen LogP contribution in [0, 0.1) is 6.92 Å². The minimum atomic E-state index is -0.104. The van der Waals surface area contributed by atoms with Gasteiger partial charge in [-0.15, -0.1) is 11.3 Å². The number of carbonyl (C=O) groups excluding carboxylic acids is 1. The van der Waals surface area contributed by atoms with Crippen LogP contribution in [0.5, 0.6) is 0 Å². The number of nitrogens with one attached hydrogen (secondary N) is 1. The van der Waals surface area contributed by atoms with Crippen molar-refractivity contribution in [2.75, 3.05) is 5.32 Å². The smallest absolute Gasteiger partial charge is 0.257 e. The molecule has 1 heterocycles. The lowest BCUT2D eigenvalue weighted by molar-refractivity contribution is 0.102. The third-order valence-corrected chi connectivity index (χ3v) is 5.12. The number of benzene rings is 2. The third kappa shape index (κ3) is 2.66. The molecule has 0 saturated heterocycles. The fraction of sp³-hybridized carbons (Fsp3) is 0.158. The predicted molar refractivity (Wildman–Crippen MR) is 94.1 cm³/mol. The fourth-order valence-electron chi connectivity index (χ4n) is 2.96. The van der Waals surface area contributed by atoms with Gasteiger partial charge in [0.05, 0.1) is 5.69 Å². The van der Waals surface area contributed by atoms with Gasteiger partial charge < -0.3 is 0 Å². The molecule has 1 N–H and O–H groups in total. The van der Waals surface area contributed by atoms with E-state index in [2.05, 4.69) is 28.5 Å². The van der Waals surface area contributed by atoms with Crippen LogP contribution >= 0.6 is 11.3 Å². The van der Waals surface area contributed by atoms with E-state index in [1.807, 2.05) is 37.3 Å². The molecule has 1 amide bonds. The number of hydrogen-bond donors (Lipinski definition) is 1. The minimum absolute atomic E-state index is 0.104. The van der Waals surface area contributed by atoms with Crippen molar-refractivity contribution < 1.29 is 4.79 Å². The number of aryl methyl sites for hydroxylation is 3. The van der Waals surface area contributed by atoms with Crippen LogP contribution in [0.3, 0.4) is 0 Å². The van der Waals surface area contributed by atoms with E-state index in [0.29, 0.717) is 10.7 Å². The highest BCUT2D eigenvalue weighted by Gasteiger charge is 2.21. The summed E-state index contributed by atoms with van der Waals surface area (Å²) in [6.45, 7) is 1.98. The summed E-state index contributed by atoms with van der Waals surface area (Å²) in [5.74, 6) is -0.104. The Hall–Kier alpha value is -2.46. The summed E-state index contributed by atoms with van der Waals surface area (Å²) < 4.78 is 0. The lowest BCUT2D eigenvalue weighted by Gasteiger charge is -2.13. The lowest BCUT2D eigenvalue weighted by atomic mass is 9.94. The fourth-order valence-corrected chi connectivity index (χ4v) is 3.93. The van der Waals surface area contributed by atoms with Crippen molar-refractivity contribution in [2.24, 2.45) is 0 Å². The van der Waals surface area contributed by atoms with Crippen molar-refractivity contribution in [3.05, 3.63) is 70.1 Å². The van der Waals surface area contributed by atoms with E-state index in [-0.39, 0.29) is 5.91 Å². The largest absolute Gasteiger partial charge is 0.298 e. The lowest BCUT2D eigenvalue weighted by Crippen LogP contribution is -2.11. The Morgan fingerprint density at radius 3 is 2.87 bits per heavy atom. The summed E-state index contributed by atoms with van der Waals surface area (Å²) >= 11 is 1.58. The van der Waals surface area contributed by atoms with E-state index < -0.39 is 0 Å². The maximum Gasteiger partial charge on any atom is 0.257 e. The first-order chi connectivity index (χ1) is 11.2. The van der Waals surface area contributed by atoms with E-state index in [1.165, 1.54) is 16.0 Å². The molecular weight excluding hydrogens is 304 g/mol. The number of fused-ring (bicyclic) bond motifs is 3. The van der Waals surface area contributed by atoms with Gasteiger partial charge in [-0.3, -0.25) is 10.1 Å². The molecule has 1 aliphatic carbocycles. The van der Waals surface area contributed by atoms with Crippen LogP contribution < -0.4 is 5.32 Å². The van der Waals surface area contributed by atoms with Gasteiger partial charge in [0.2, 0.25) is 0 Å². The molecule has 0 radical (unpaired) electrons. The Morgan fingerprint density at radius 2 is 2.00 bits per heavy atom. The monoisotopic (exact) mass is 320 g/mol. The second-order valence-electron chi connectivity index (χ2n) is 5.77. The van der Waals surface area contributed by atoms with Crippen molar-refractivity contribution in [1.29, 1.82) is 0 Å². The van der Waals surface area contributed by atoms with E-state index in [1.54, 1.807) is 11.3 Å². The van der Waals surface area contributed by atoms with Gasteiger partial charge in [0, 0.05) is 16.0 Å². The Kier molecular flexibility index (Phi) is 3.46. The molecule has 1 aromatic heterocycles. The number of anilines is 1. The molecular formula is C19H16N2OS. The third-order valence-electron chi connectivity index (χ3n) is 4.09. The Bertz CT molecular complexity index is 898. The molecule has 4 rings (SSSR count). The molecule has 0 bridgehead atoms. The van der Waals surface area contributed by atoms with E-state index >= 15 is 0 Å². The first-order valence-electron chi connectivity index (χ1n) is 7.67. The van der Waals surface area contributed by atoms with E-state index in [0.717, 1.165) is 24.1 Å². The summed E-state index contributed by atoms with van der Waals surface area (Å²) in [7, 11) is 0. The maximum atomic E-state index is 12.4. The first kappa shape index (κ1) is 14.2. The molecule has 0 unspecified atom stereocenters. The van der Waals surface area contributed by atoms with Crippen molar-refractivity contribution >= 4 is 22.4 Å². The molecule has 3 aromatic rings. The molecule has 114 valence electrons. The van der Waals surface area contributed by atoms with Crippen molar-refractivity contribution in [1.82, 2.24) is 4.98 Å².